The summed E-state index contributed by atoms with van der Waals surface area (Å²) in [5, 5.41) is 7.50. The van der Waals surface area contributed by atoms with Crippen molar-refractivity contribution in [2.45, 2.75) is 32.8 Å². The highest BCUT2D eigenvalue weighted by Crippen LogP contribution is 2.35. The first kappa shape index (κ1) is 28.0. The van der Waals surface area contributed by atoms with Gasteiger partial charge in [0.05, 0.1) is 15.2 Å². The Hall–Kier alpha value is -3.57. The van der Waals surface area contributed by atoms with Crippen molar-refractivity contribution in [3.8, 4) is 5.75 Å². The third-order valence-electron chi connectivity index (χ3n) is 6.27. The molecule has 206 valence electrons. The fraction of sp³-hybridized carbons (Fsp3) is 0.241. The Balaban J connectivity index is 1.30. The summed E-state index contributed by atoms with van der Waals surface area (Å²) in [6, 6.07) is 18.1. The van der Waals surface area contributed by atoms with E-state index in [1.807, 2.05) is 12.1 Å². The highest BCUT2D eigenvalue weighted by Gasteiger charge is 2.16. The lowest BCUT2D eigenvalue weighted by Crippen LogP contribution is -2.31. The second-order valence-corrected chi connectivity index (χ2v) is 11.1. The summed E-state index contributed by atoms with van der Waals surface area (Å²) < 4.78 is 21.0. The second-order valence-electron chi connectivity index (χ2n) is 9.42. The zero-order chi connectivity index (χ0) is 27.9. The van der Waals surface area contributed by atoms with Crippen molar-refractivity contribution in [1.29, 1.82) is 0 Å². The van der Waals surface area contributed by atoms with Crippen LogP contribution in [0, 0.1) is 12.7 Å². The zero-order valence-electron chi connectivity index (χ0n) is 21.9. The molecule has 0 bridgehead atoms. The van der Waals surface area contributed by atoms with E-state index in [9.17, 15) is 4.39 Å². The predicted molar refractivity (Wildman–Crippen MR) is 164 cm³/mol. The van der Waals surface area contributed by atoms with Crippen LogP contribution in [0.25, 0.3) is 0 Å². The summed E-state index contributed by atoms with van der Waals surface area (Å²) in [7, 11) is 0. The molecule has 5 rings (SSSR count). The van der Waals surface area contributed by atoms with Crippen LogP contribution < -0.4 is 20.4 Å². The maximum atomic E-state index is 13.4. The van der Waals surface area contributed by atoms with Crippen molar-refractivity contribution in [2.24, 2.45) is 5.10 Å². The molecule has 0 saturated carbocycles. The van der Waals surface area contributed by atoms with Gasteiger partial charge in [-0.1, -0.05) is 29.8 Å². The number of nitrogens with zero attached hydrogens (tertiary/aromatic N) is 5. The number of piperidine rings is 1. The lowest BCUT2D eigenvalue weighted by atomic mass is 10.1. The molecule has 0 radical (unpaired) electrons. The minimum Gasteiger partial charge on any atom is -0.487 e. The van der Waals surface area contributed by atoms with Gasteiger partial charge in [-0.2, -0.15) is 20.1 Å². The van der Waals surface area contributed by atoms with Gasteiger partial charge in [0.15, 0.2) is 0 Å². The van der Waals surface area contributed by atoms with Crippen LogP contribution in [0.1, 0.15) is 36.0 Å². The Morgan fingerprint density at radius 3 is 2.30 bits per heavy atom. The molecule has 8 nitrogen and oxygen atoms in total. The highest BCUT2D eigenvalue weighted by atomic mass is 79.9. The lowest BCUT2D eigenvalue weighted by molar-refractivity contribution is 0.302. The number of halogens is 3. The van der Waals surface area contributed by atoms with E-state index >= 15 is 0 Å². The third kappa shape index (κ3) is 7.54. The molecule has 2 heterocycles. The van der Waals surface area contributed by atoms with Crippen molar-refractivity contribution in [3.05, 3.63) is 92.1 Å². The molecule has 1 aliphatic heterocycles. The van der Waals surface area contributed by atoms with Gasteiger partial charge in [0.2, 0.25) is 17.8 Å². The molecule has 40 heavy (non-hydrogen) atoms. The topological polar surface area (TPSA) is 87.6 Å². The number of ether oxygens (including phenoxy) is 1. The molecule has 0 aliphatic carbocycles. The molecular weight excluding hydrogens is 641 g/mol. The first-order valence-electron chi connectivity index (χ1n) is 12.9. The largest absolute Gasteiger partial charge is 0.487 e. The number of hydrogen-bond donors (Lipinski definition) is 2. The number of hydrogen-bond acceptors (Lipinski definition) is 8. The van der Waals surface area contributed by atoms with Gasteiger partial charge in [0.25, 0.3) is 0 Å². The average Bonchev–Trinajstić information content (AvgIpc) is 2.95. The maximum Gasteiger partial charge on any atom is 0.250 e. The first-order chi connectivity index (χ1) is 19.4. The summed E-state index contributed by atoms with van der Waals surface area (Å²) in [5.74, 6) is 1.62. The molecular formula is C29H28Br2FN7O. The monoisotopic (exact) mass is 667 g/mol. The smallest absolute Gasteiger partial charge is 0.250 e. The molecule has 3 aromatic carbocycles. The van der Waals surface area contributed by atoms with Crippen LogP contribution in [0.4, 0.5) is 27.9 Å². The summed E-state index contributed by atoms with van der Waals surface area (Å²) >= 11 is 7.22. The molecule has 0 amide bonds. The van der Waals surface area contributed by atoms with Gasteiger partial charge in [-0.15, -0.1) is 0 Å². The van der Waals surface area contributed by atoms with Crippen LogP contribution in [0.3, 0.4) is 0 Å². The normalized spacial score (nSPS) is 13.4. The van der Waals surface area contributed by atoms with Gasteiger partial charge in [-0.05, 0) is 106 Å². The van der Waals surface area contributed by atoms with Crippen molar-refractivity contribution >= 4 is 61.6 Å². The Morgan fingerprint density at radius 1 is 0.925 bits per heavy atom. The van der Waals surface area contributed by atoms with E-state index in [0.717, 1.165) is 46.0 Å². The second kappa shape index (κ2) is 13.2. The molecule has 0 unspecified atom stereocenters. The first-order valence-corrected chi connectivity index (χ1v) is 14.5. The highest BCUT2D eigenvalue weighted by molar-refractivity contribution is 9.11. The Labute approximate surface area is 249 Å². The van der Waals surface area contributed by atoms with Gasteiger partial charge in [0.1, 0.15) is 18.2 Å². The molecule has 1 fully saturated rings. The molecule has 11 heteroatoms. The summed E-state index contributed by atoms with van der Waals surface area (Å²) in [6.07, 6.45) is 5.04. The fourth-order valence-corrected chi connectivity index (χ4v) is 5.62. The van der Waals surface area contributed by atoms with Crippen LogP contribution in [-0.4, -0.2) is 34.3 Å². The maximum absolute atomic E-state index is 13.4. The van der Waals surface area contributed by atoms with Gasteiger partial charge in [-0.3, -0.25) is 0 Å². The van der Waals surface area contributed by atoms with E-state index in [1.165, 1.54) is 24.1 Å². The molecule has 0 spiro atoms. The van der Waals surface area contributed by atoms with Crippen LogP contribution in [0.5, 0.6) is 5.75 Å². The Morgan fingerprint density at radius 2 is 1.60 bits per heavy atom. The van der Waals surface area contributed by atoms with Gasteiger partial charge in [-0.25, -0.2) is 9.82 Å². The van der Waals surface area contributed by atoms with Crippen molar-refractivity contribution < 1.29 is 9.13 Å². The van der Waals surface area contributed by atoms with Gasteiger partial charge >= 0.3 is 0 Å². The van der Waals surface area contributed by atoms with E-state index in [4.69, 9.17) is 4.74 Å². The van der Waals surface area contributed by atoms with Gasteiger partial charge < -0.3 is 15.0 Å². The van der Waals surface area contributed by atoms with Crippen molar-refractivity contribution in [1.82, 2.24) is 15.0 Å². The quantitative estimate of drug-likeness (QED) is 0.140. The number of aromatic nitrogens is 3. The fourth-order valence-electron chi connectivity index (χ4n) is 4.16. The number of anilines is 4. The number of aryl methyl sites for hydroxylation is 1. The minimum atomic E-state index is -0.309. The molecule has 0 atom stereocenters. The summed E-state index contributed by atoms with van der Waals surface area (Å²) in [5.41, 5.74) is 6.74. The standard InChI is InChI=1S/C29H28Br2FN7O/c1-19-5-7-20(8-6-19)18-40-26-24(30)15-21(16-25(26)31)17-33-38-28-35-27(34-23-11-9-22(32)10-12-23)36-29(37-28)39-13-3-2-4-14-39/h5-12,15-17H,2-4,13-14,18H2,1H3,(H2,34,35,36,37,38)/b33-17+. The van der Waals surface area contributed by atoms with Crippen LogP contribution in [0.15, 0.2) is 74.7 Å². The van der Waals surface area contributed by atoms with E-state index in [-0.39, 0.29) is 5.82 Å². The lowest BCUT2D eigenvalue weighted by Gasteiger charge is -2.26. The molecule has 1 saturated heterocycles. The van der Waals surface area contributed by atoms with Crippen molar-refractivity contribution in [2.75, 3.05) is 28.7 Å². The third-order valence-corrected chi connectivity index (χ3v) is 7.44. The summed E-state index contributed by atoms with van der Waals surface area (Å²) in [4.78, 5) is 15.8. The molecule has 2 N–H and O–H groups in total. The number of rotatable bonds is 9. The van der Waals surface area contributed by atoms with Gasteiger partial charge in [0, 0.05) is 18.8 Å². The predicted octanol–water partition coefficient (Wildman–Crippen LogP) is 7.60. The van der Waals surface area contributed by atoms with Crippen LogP contribution in [0.2, 0.25) is 0 Å². The molecule has 4 aromatic rings. The number of nitrogens with one attached hydrogen (secondary N) is 2. The number of hydrazone groups is 1. The van der Waals surface area contributed by atoms with Crippen LogP contribution in [-0.2, 0) is 6.61 Å². The van der Waals surface area contributed by atoms with Crippen LogP contribution >= 0.6 is 31.9 Å². The Kier molecular flexibility index (Phi) is 9.22. The van der Waals surface area contributed by atoms with E-state index < -0.39 is 0 Å². The van der Waals surface area contributed by atoms with E-state index in [1.54, 1.807) is 18.3 Å². The Bertz CT molecular complexity index is 1450. The molecule has 1 aliphatic rings. The zero-order valence-corrected chi connectivity index (χ0v) is 25.0. The minimum absolute atomic E-state index is 0.299. The SMILES string of the molecule is Cc1ccc(COc2c(Br)cc(/C=N/Nc3nc(Nc4ccc(F)cc4)nc(N4CCCCC4)n3)cc2Br)cc1. The number of benzene rings is 3. The molecule has 1 aromatic heterocycles. The van der Waals surface area contributed by atoms with Crippen molar-refractivity contribution in [3.63, 3.8) is 0 Å². The van der Waals surface area contributed by atoms with E-state index in [0.29, 0.717) is 35.9 Å². The average molecular weight is 669 g/mol. The van der Waals surface area contributed by atoms with E-state index in [2.05, 4.69) is 98.7 Å². The summed E-state index contributed by atoms with van der Waals surface area (Å²) in [6.45, 7) is 4.27.